The van der Waals surface area contributed by atoms with Crippen molar-refractivity contribution in [1.82, 2.24) is 0 Å². The summed E-state index contributed by atoms with van der Waals surface area (Å²) in [5.74, 6) is 0. The van der Waals surface area contributed by atoms with Crippen molar-refractivity contribution < 1.29 is 4.74 Å². The highest BCUT2D eigenvalue weighted by molar-refractivity contribution is 4.91. The van der Waals surface area contributed by atoms with Gasteiger partial charge in [0.05, 0.1) is 12.2 Å². The van der Waals surface area contributed by atoms with Crippen molar-refractivity contribution in [1.29, 1.82) is 0 Å². The van der Waals surface area contributed by atoms with Crippen LogP contribution in [0.1, 0.15) is 20.3 Å². The van der Waals surface area contributed by atoms with Crippen LogP contribution in [0.5, 0.6) is 0 Å². The fourth-order valence-electron chi connectivity index (χ4n) is 0.778. The van der Waals surface area contributed by atoms with E-state index in [4.69, 9.17) is 4.74 Å². The number of hydrogen-bond acceptors (Lipinski definition) is 1. The second-order valence-corrected chi connectivity index (χ2v) is 1.88. The first-order chi connectivity index (χ1) is 3.38. The third kappa shape index (κ3) is 0.942. The van der Waals surface area contributed by atoms with Crippen LogP contribution in [-0.2, 0) is 4.74 Å². The van der Waals surface area contributed by atoms with Gasteiger partial charge in [-0.05, 0) is 12.8 Å². The maximum Gasteiger partial charge on any atom is 0.0870 e. The summed E-state index contributed by atoms with van der Waals surface area (Å²) in [5.41, 5.74) is 0. The van der Waals surface area contributed by atoms with E-state index in [0.29, 0.717) is 12.2 Å². The smallest absolute Gasteiger partial charge is 0.0870 e. The Balaban J connectivity index is 2.06. The lowest BCUT2D eigenvalue weighted by Crippen LogP contribution is -1.87. The van der Waals surface area contributed by atoms with Crippen molar-refractivity contribution in [3.63, 3.8) is 0 Å². The van der Waals surface area contributed by atoms with Crippen LogP contribution in [-0.4, -0.2) is 12.2 Å². The van der Waals surface area contributed by atoms with E-state index in [-0.39, 0.29) is 0 Å². The van der Waals surface area contributed by atoms with Crippen molar-refractivity contribution in [3.05, 3.63) is 6.42 Å². The van der Waals surface area contributed by atoms with Gasteiger partial charge < -0.3 is 4.74 Å². The maximum atomic E-state index is 5.16. The number of ether oxygens (including phenoxy) is 1. The van der Waals surface area contributed by atoms with Crippen molar-refractivity contribution in [2.24, 2.45) is 0 Å². The fourth-order valence-corrected chi connectivity index (χ4v) is 0.778. The standard InChI is InChI=1S/C6H11O/c1-3-5-6(4-2)7-5/h3,5-6H,4H2,1-2H3. The number of hydrogen-bond donors (Lipinski definition) is 0. The maximum absolute atomic E-state index is 5.16. The molecule has 0 spiro atoms. The molecule has 0 bridgehead atoms. The second kappa shape index (κ2) is 1.83. The summed E-state index contributed by atoms with van der Waals surface area (Å²) in [6.45, 7) is 4.19. The van der Waals surface area contributed by atoms with Crippen molar-refractivity contribution in [2.75, 3.05) is 0 Å². The molecule has 0 saturated carbocycles. The van der Waals surface area contributed by atoms with E-state index >= 15 is 0 Å². The van der Waals surface area contributed by atoms with Crippen LogP contribution in [0.15, 0.2) is 0 Å². The predicted molar refractivity (Wildman–Crippen MR) is 28.9 cm³/mol. The lowest BCUT2D eigenvalue weighted by atomic mass is 10.2. The van der Waals surface area contributed by atoms with Gasteiger partial charge in [0.15, 0.2) is 0 Å². The summed E-state index contributed by atoms with van der Waals surface area (Å²) >= 11 is 0. The summed E-state index contributed by atoms with van der Waals surface area (Å²) in [6.07, 6.45) is 4.32. The molecular weight excluding hydrogens is 88.1 g/mol. The van der Waals surface area contributed by atoms with Crippen molar-refractivity contribution in [2.45, 2.75) is 32.5 Å². The van der Waals surface area contributed by atoms with E-state index in [1.165, 1.54) is 0 Å². The van der Waals surface area contributed by atoms with E-state index < -0.39 is 0 Å². The first-order valence-corrected chi connectivity index (χ1v) is 2.83. The van der Waals surface area contributed by atoms with Gasteiger partial charge in [-0.1, -0.05) is 13.8 Å². The first kappa shape index (κ1) is 5.10. The minimum absolute atomic E-state index is 0.491. The molecule has 1 aliphatic heterocycles. The molecule has 1 nitrogen and oxygen atoms in total. The first-order valence-electron chi connectivity index (χ1n) is 2.83. The Morgan fingerprint density at radius 1 is 1.71 bits per heavy atom. The molecule has 0 amide bonds. The number of rotatable bonds is 2. The Bertz CT molecular complexity index is 53.2. The highest BCUT2D eigenvalue weighted by Gasteiger charge is 2.34. The molecule has 2 unspecified atom stereocenters. The minimum Gasteiger partial charge on any atom is -0.369 e. The van der Waals surface area contributed by atoms with Crippen molar-refractivity contribution in [3.8, 4) is 0 Å². The van der Waals surface area contributed by atoms with Gasteiger partial charge in [0.1, 0.15) is 0 Å². The Morgan fingerprint density at radius 3 is 2.57 bits per heavy atom. The zero-order valence-electron chi connectivity index (χ0n) is 4.85. The topological polar surface area (TPSA) is 12.5 Å². The summed E-state index contributed by atoms with van der Waals surface area (Å²) in [7, 11) is 0. The van der Waals surface area contributed by atoms with E-state index in [1.807, 2.05) is 6.92 Å². The van der Waals surface area contributed by atoms with Crippen LogP contribution in [0.4, 0.5) is 0 Å². The van der Waals surface area contributed by atoms with E-state index in [2.05, 4.69) is 13.3 Å². The summed E-state index contributed by atoms with van der Waals surface area (Å²) in [6, 6.07) is 0. The lowest BCUT2D eigenvalue weighted by molar-refractivity contribution is 0.379. The molecule has 1 fully saturated rings. The van der Waals surface area contributed by atoms with Gasteiger partial charge in [-0.25, -0.2) is 0 Å². The summed E-state index contributed by atoms with van der Waals surface area (Å²) < 4.78 is 5.16. The lowest BCUT2D eigenvalue weighted by Gasteiger charge is -1.77. The Kier molecular flexibility index (Phi) is 1.33. The molecule has 1 radical (unpaired) electrons. The van der Waals surface area contributed by atoms with Gasteiger partial charge in [-0.15, -0.1) is 0 Å². The molecule has 41 valence electrons. The normalized spacial score (nSPS) is 38.6. The van der Waals surface area contributed by atoms with Crippen LogP contribution in [0.2, 0.25) is 0 Å². The third-order valence-electron chi connectivity index (χ3n) is 1.35. The molecule has 1 rings (SSSR count). The number of epoxide rings is 1. The predicted octanol–water partition coefficient (Wildman–Crippen LogP) is 1.39. The van der Waals surface area contributed by atoms with E-state index in [0.717, 1.165) is 6.42 Å². The molecule has 0 N–H and O–H groups in total. The fraction of sp³-hybridized carbons (Fsp3) is 0.833. The second-order valence-electron chi connectivity index (χ2n) is 1.88. The van der Waals surface area contributed by atoms with Gasteiger partial charge >= 0.3 is 0 Å². The highest BCUT2D eigenvalue weighted by Crippen LogP contribution is 2.26. The quantitative estimate of drug-likeness (QED) is 0.476. The summed E-state index contributed by atoms with van der Waals surface area (Å²) in [4.78, 5) is 0. The van der Waals surface area contributed by atoms with Crippen LogP contribution >= 0.6 is 0 Å². The van der Waals surface area contributed by atoms with Gasteiger partial charge in [0.25, 0.3) is 0 Å². The average molecular weight is 99.2 g/mol. The zero-order chi connectivity index (χ0) is 5.28. The van der Waals surface area contributed by atoms with Gasteiger partial charge in [0.2, 0.25) is 0 Å². The Labute approximate surface area is 44.7 Å². The minimum atomic E-state index is 0.491. The molecule has 2 atom stereocenters. The average Bonchev–Trinajstić information content (AvgIpc) is 2.43. The van der Waals surface area contributed by atoms with Gasteiger partial charge in [0, 0.05) is 0 Å². The molecular formula is C6H11O. The van der Waals surface area contributed by atoms with Gasteiger partial charge in [-0.2, -0.15) is 0 Å². The van der Waals surface area contributed by atoms with Crippen LogP contribution < -0.4 is 0 Å². The molecule has 0 aromatic carbocycles. The van der Waals surface area contributed by atoms with E-state index in [1.54, 1.807) is 0 Å². The molecule has 1 saturated heterocycles. The summed E-state index contributed by atoms with van der Waals surface area (Å²) in [5, 5.41) is 0. The largest absolute Gasteiger partial charge is 0.369 e. The zero-order valence-corrected chi connectivity index (χ0v) is 4.85. The van der Waals surface area contributed by atoms with Crippen molar-refractivity contribution >= 4 is 0 Å². The van der Waals surface area contributed by atoms with E-state index in [9.17, 15) is 0 Å². The Morgan fingerprint density at radius 2 is 2.43 bits per heavy atom. The van der Waals surface area contributed by atoms with Crippen LogP contribution in [0.3, 0.4) is 0 Å². The van der Waals surface area contributed by atoms with Crippen LogP contribution in [0, 0.1) is 6.42 Å². The highest BCUT2D eigenvalue weighted by atomic mass is 16.6. The Hall–Kier alpha value is -0.0400. The molecule has 0 aromatic rings. The van der Waals surface area contributed by atoms with Crippen LogP contribution in [0.25, 0.3) is 0 Å². The monoisotopic (exact) mass is 99.1 g/mol. The third-order valence-corrected chi connectivity index (χ3v) is 1.35. The molecule has 1 heteroatoms. The SMILES string of the molecule is C[CH]C1OC1CC. The van der Waals surface area contributed by atoms with Gasteiger partial charge in [-0.3, -0.25) is 0 Å². The molecule has 1 aliphatic rings. The molecule has 0 aliphatic carbocycles. The molecule has 1 heterocycles. The molecule has 7 heavy (non-hydrogen) atoms. The molecule has 0 aromatic heterocycles.